The Morgan fingerprint density at radius 2 is 1.71 bits per heavy atom. The minimum absolute atomic E-state index is 0.00511. The molecule has 0 aromatic rings. The molecule has 0 amide bonds. The van der Waals surface area contributed by atoms with Gasteiger partial charge in [-0.15, -0.1) is 0 Å². The van der Waals surface area contributed by atoms with E-state index in [1.54, 1.807) is 0 Å². The van der Waals surface area contributed by atoms with Crippen molar-refractivity contribution < 1.29 is 9.59 Å². The topological polar surface area (TPSA) is 34.1 Å². The summed E-state index contributed by atoms with van der Waals surface area (Å²) in [5.74, 6) is 3.82. The second-order valence-corrected chi connectivity index (χ2v) is 8.82. The third-order valence-electron chi connectivity index (χ3n) is 8.19. The van der Waals surface area contributed by atoms with Gasteiger partial charge in [0.1, 0.15) is 11.6 Å². The van der Waals surface area contributed by atoms with Crippen molar-refractivity contribution in [3.63, 3.8) is 0 Å². The summed E-state index contributed by atoms with van der Waals surface area (Å²) >= 11 is 0. The van der Waals surface area contributed by atoms with Crippen LogP contribution in [0.5, 0.6) is 0 Å². The molecule has 116 valence electrons. The lowest BCUT2D eigenvalue weighted by molar-refractivity contribution is -0.144. The van der Waals surface area contributed by atoms with Gasteiger partial charge in [0.15, 0.2) is 0 Å². The first-order valence-electron chi connectivity index (χ1n) is 9.00. The number of Topliss-reactive ketones (excluding diaryl/α,β-unsaturated/α-hetero) is 2. The Hall–Kier alpha value is -0.660. The lowest BCUT2D eigenvalue weighted by Crippen LogP contribution is -2.53. The largest absolute Gasteiger partial charge is 0.300 e. The molecule has 21 heavy (non-hydrogen) atoms. The Labute approximate surface area is 128 Å². The van der Waals surface area contributed by atoms with Gasteiger partial charge in [0.05, 0.1) is 0 Å². The van der Waals surface area contributed by atoms with Gasteiger partial charge in [-0.3, -0.25) is 9.59 Å². The molecule has 2 heteroatoms. The van der Waals surface area contributed by atoms with Crippen LogP contribution in [0.3, 0.4) is 0 Å². The van der Waals surface area contributed by atoms with Gasteiger partial charge in [-0.1, -0.05) is 13.8 Å². The molecule has 4 aliphatic carbocycles. The molecule has 0 aliphatic heterocycles. The third kappa shape index (κ3) is 1.77. The number of carbonyl (C=O) groups is 2. The van der Waals surface area contributed by atoms with Crippen LogP contribution in [-0.2, 0) is 9.59 Å². The zero-order chi connectivity index (χ0) is 14.8. The number of ketones is 2. The van der Waals surface area contributed by atoms with E-state index in [9.17, 15) is 9.59 Å². The van der Waals surface area contributed by atoms with Crippen LogP contribution in [0.25, 0.3) is 0 Å². The zero-order valence-corrected chi connectivity index (χ0v) is 13.5. The van der Waals surface area contributed by atoms with Crippen molar-refractivity contribution >= 4 is 11.6 Å². The van der Waals surface area contributed by atoms with Crippen molar-refractivity contribution in [3.8, 4) is 0 Å². The van der Waals surface area contributed by atoms with E-state index in [0.717, 1.165) is 50.4 Å². The number of hydrogen-bond acceptors (Lipinski definition) is 2. The standard InChI is InChI=1S/C19H28O2/c1-18-9-7-13(20)11-12(18)3-4-14-15-5-6-17(21)19(15,2)10-8-16(14)18/h12,14-16H,3-11H2,1-2H3/t12-,14+,15-,16+,18-,19+/m1/s1. The number of carbonyl (C=O) groups excluding carboxylic acids is 2. The quantitative estimate of drug-likeness (QED) is 0.670. The lowest BCUT2D eigenvalue weighted by atomic mass is 9.45. The van der Waals surface area contributed by atoms with Crippen molar-refractivity contribution in [1.82, 2.24) is 0 Å². The van der Waals surface area contributed by atoms with E-state index in [-0.39, 0.29) is 5.41 Å². The second-order valence-electron chi connectivity index (χ2n) is 8.82. The Balaban J connectivity index is 1.65. The van der Waals surface area contributed by atoms with Crippen LogP contribution in [0, 0.1) is 34.5 Å². The van der Waals surface area contributed by atoms with Gasteiger partial charge in [-0.25, -0.2) is 0 Å². The van der Waals surface area contributed by atoms with E-state index >= 15 is 0 Å². The molecule has 0 heterocycles. The van der Waals surface area contributed by atoms with Crippen molar-refractivity contribution in [1.29, 1.82) is 0 Å². The summed E-state index contributed by atoms with van der Waals surface area (Å²) in [6.45, 7) is 4.72. The highest BCUT2D eigenvalue weighted by molar-refractivity contribution is 5.87. The first-order valence-corrected chi connectivity index (χ1v) is 9.00. The van der Waals surface area contributed by atoms with Crippen LogP contribution >= 0.6 is 0 Å². The average molecular weight is 288 g/mol. The molecular weight excluding hydrogens is 260 g/mol. The zero-order valence-electron chi connectivity index (χ0n) is 13.5. The van der Waals surface area contributed by atoms with Gasteiger partial charge in [-0.2, -0.15) is 0 Å². The van der Waals surface area contributed by atoms with Crippen LogP contribution in [0.4, 0.5) is 0 Å². The SMILES string of the molecule is C[C@@]12CCC(=O)C[C@H]1CC[C@H]1[C@H]3CCC(=O)[C@@]3(C)CC[C@@H]12. The predicted molar refractivity (Wildman–Crippen MR) is 81.7 cm³/mol. The van der Waals surface area contributed by atoms with Crippen LogP contribution in [0.15, 0.2) is 0 Å². The summed E-state index contributed by atoms with van der Waals surface area (Å²) in [5, 5.41) is 0. The highest BCUT2D eigenvalue weighted by Crippen LogP contribution is 2.65. The summed E-state index contributed by atoms with van der Waals surface area (Å²) in [6, 6.07) is 0. The van der Waals surface area contributed by atoms with Crippen LogP contribution < -0.4 is 0 Å². The molecule has 2 nitrogen and oxygen atoms in total. The lowest BCUT2D eigenvalue weighted by Gasteiger charge is -2.59. The van der Waals surface area contributed by atoms with E-state index in [2.05, 4.69) is 13.8 Å². The minimum atomic E-state index is -0.00511. The fourth-order valence-corrected chi connectivity index (χ4v) is 6.82. The minimum Gasteiger partial charge on any atom is -0.300 e. The smallest absolute Gasteiger partial charge is 0.139 e. The van der Waals surface area contributed by atoms with Gasteiger partial charge in [0.25, 0.3) is 0 Å². The third-order valence-corrected chi connectivity index (χ3v) is 8.19. The highest BCUT2D eigenvalue weighted by Gasteiger charge is 2.60. The molecule has 0 bridgehead atoms. The summed E-state index contributed by atoms with van der Waals surface area (Å²) in [6.07, 6.45) is 9.53. The van der Waals surface area contributed by atoms with Gasteiger partial charge >= 0.3 is 0 Å². The van der Waals surface area contributed by atoms with E-state index < -0.39 is 0 Å². The molecule has 0 aromatic heterocycles. The monoisotopic (exact) mass is 288 g/mol. The summed E-state index contributed by atoms with van der Waals surface area (Å²) in [7, 11) is 0. The highest BCUT2D eigenvalue weighted by atomic mass is 16.1. The molecule has 0 N–H and O–H groups in total. The van der Waals surface area contributed by atoms with Crippen LogP contribution in [-0.4, -0.2) is 11.6 Å². The molecule has 4 aliphatic rings. The fraction of sp³-hybridized carbons (Fsp3) is 0.895. The van der Waals surface area contributed by atoms with Crippen molar-refractivity contribution in [3.05, 3.63) is 0 Å². The summed E-state index contributed by atoms with van der Waals surface area (Å²) in [4.78, 5) is 24.2. The molecule has 4 fully saturated rings. The van der Waals surface area contributed by atoms with E-state index in [4.69, 9.17) is 0 Å². The fourth-order valence-electron chi connectivity index (χ4n) is 6.82. The molecule has 0 radical (unpaired) electrons. The Bertz CT molecular complexity index is 496. The van der Waals surface area contributed by atoms with Crippen molar-refractivity contribution in [2.75, 3.05) is 0 Å². The molecule has 0 saturated heterocycles. The maximum absolute atomic E-state index is 12.4. The number of fused-ring (bicyclic) bond motifs is 5. The van der Waals surface area contributed by atoms with Crippen LogP contribution in [0.2, 0.25) is 0 Å². The van der Waals surface area contributed by atoms with Crippen molar-refractivity contribution in [2.24, 2.45) is 34.5 Å². The van der Waals surface area contributed by atoms with E-state index in [1.165, 1.54) is 19.3 Å². The van der Waals surface area contributed by atoms with Gasteiger partial charge in [-0.05, 0) is 67.6 Å². The molecule has 0 unspecified atom stereocenters. The second kappa shape index (κ2) is 4.43. The molecule has 0 aromatic carbocycles. The molecular formula is C19H28O2. The maximum atomic E-state index is 12.4. The first-order chi connectivity index (χ1) is 9.95. The van der Waals surface area contributed by atoms with Crippen molar-refractivity contribution in [2.45, 2.75) is 71.6 Å². The first kappa shape index (κ1) is 14.0. The Morgan fingerprint density at radius 1 is 0.905 bits per heavy atom. The summed E-state index contributed by atoms with van der Waals surface area (Å²) < 4.78 is 0. The molecule has 0 spiro atoms. The number of hydrogen-bond donors (Lipinski definition) is 0. The Kier molecular flexibility index (Phi) is 2.94. The van der Waals surface area contributed by atoms with E-state index in [1.807, 2.05) is 0 Å². The van der Waals surface area contributed by atoms with Gasteiger partial charge < -0.3 is 0 Å². The normalized spacial score (nSPS) is 53.0. The van der Waals surface area contributed by atoms with Gasteiger partial charge in [0, 0.05) is 24.7 Å². The predicted octanol–water partition coefficient (Wildman–Crippen LogP) is 4.17. The molecule has 4 saturated carbocycles. The van der Waals surface area contributed by atoms with E-state index in [0.29, 0.717) is 28.8 Å². The summed E-state index contributed by atoms with van der Waals surface area (Å²) in [5.41, 5.74) is 0.374. The Morgan fingerprint density at radius 3 is 2.52 bits per heavy atom. The van der Waals surface area contributed by atoms with Gasteiger partial charge in [0.2, 0.25) is 0 Å². The molecule has 6 atom stereocenters. The maximum Gasteiger partial charge on any atom is 0.139 e. The average Bonchev–Trinajstić information content (AvgIpc) is 2.76. The van der Waals surface area contributed by atoms with Crippen LogP contribution in [0.1, 0.15) is 71.6 Å². The number of rotatable bonds is 0. The molecule has 4 rings (SSSR count).